The number of hydrogen-bond donors (Lipinski definition) is 1. The molecule has 4 rings (SSSR count). The fraction of sp³-hybridized carbons (Fsp3) is 0.120. The summed E-state index contributed by atoms with van der Waals surface area (Å²) in [6.07, 6.45) is 1.22. The number of aliphatic imine (C=N–C) groups is 1. The molecule has 0 aliphatic carbocycles. The summed E-state index contributed by atoms with van der Waals surface area (Å²) in [5.74, 6) is -2.22. The number of barbiturate groups is 1. The van der Waals surface area contributed by atoms with E-state index in [2.05, 4.69) is 20.5 Å². The molecular weight excluding hydrogens is 434 g/mol. The maximum Gasteiger partial charge on any atom is 0.335 e. The van der Waals surface area contributed by atoms with Gasteiger partial charge in [-0.25, -0.2) is 9.69 Å². The van der Waals surface area contributed by atoms with Gasteiger partial charge in [0.05, 0.1) is 29.9 Å². The van der Waals surface area contributed by atoms with Gasteiger partial charge in [-0.2, -0.15) is 10.2 Å². The summed E-state index contributed by atoms with van der Waals surface area (Å²) in [6, 6.07) is 20.1. The van der Waals surface area contributed by atoms with Crippen molar-refractivity contribution in [3.05, 3.63) is 78.4 Å². The van der Waals surface area contributed by atoms with Crippen LogP contribution in [-0.4, -0.2) is 31.2 Å². The Labute approximate surface area is 195 Å². The first-order chi connectivity index (χ1) is 16.4. The molecule has 0 unspecified atom stereocenters. The van der Waals surface area contributed by atoms with Crippen molar-refractivity contribution in [2.24, 2.45) is 21.1 Å². The number of nitrogens with zero attached hydrogens (tertiary/aromatic N) is 4. The Morgan fingerprint density at radius 1 is 0.882 bits per heavy atom. The molecule has 0 spiro atoms. The Kier molecular flexibility index (Phi) is 6.54. The molecule has 0 bridgehead atoms. The van der Waals surface area contributed by atoms with Crippen LogP contribution < -0.4 is 15.0 Å². The number of carbonyl (C=O) groups excluding carboxylic acids is 3. The third kappa shape index (κ3) is 5.04. The van der Waals surface area contributed by atoms with Gasteiger partial charge in [-0.1, -0.05) is 23.8 Å². The fourth-order valence-corrected chi connectivity index (χ4v) is 3.21. The highest BCUT2D eigenvalue weighted by molar-refractivity contribution is 6.32. The number of urea groups is 1. The largest absolute Gasteiger partial charge is 0.497 e. The van der Waals surface area contributed by atoms with Crippen LogP contribution >= 0.6 is 0 Å². The minimum atomic E-state index is -1.26. The van der Waals surface area contributed by atoms with Gasteiger partial charge < -0.3 is 4.74 Å². The number of hydrogen-bond acceptors (Lipinski definition) is 7. The van der Waals surface area contributed by atoms with E-state index in [0.717, 1.165) is 16.2 Å². The first-order valence-electron chi connectivity index (χ1n) is 10.4. The number of azo groups is 1. The average Bonchev–Trinajstić information content (AvgIpc) is 2.84. The molecule has 0 saturated carbocycles. The van der Waals surface area contributed by atoms with E-state index >= 15 is 0 Å². The van der Waals surface area contributed by atoms with Crippen LogP contribution in [0.1, 0.15) is 5.56 Å². The predicted octanol–water partition coefficient (Wildman–Crippen LogP) is 5.02. The number of methoxy groups -OCH3 is 1. The molecule has 1 N–H and O–H groups in total. The van der Waals surface area contributed by atoms with Crippen LogP contribution in [0, 0.1) is 12.8 Å². The maximum atomic E-state index is 12.9. The van der Waals surface area contributed by atoms with Gasteiger partial charge in [0.2, 0.25) is 5.91 Å². The Balaban J connectivity index is 1.48. The van der Waals surface area contributed by atoms with E-state index in [4.69, 9.17) is 4.74 Å². The molecule has 0 radical (unpaired) electrons. The number of imide groups is 2. The van der Waals surface area contributed by atoms with Crippen LogP contribution in [0.4, 0.5) is 27.5 Å². The van der Waals surface area contributed by atoms with Crippen LogP contribution in [-0.2, 0) is 9.59 Å². The van der Waals surface area contributed by atoms with Crippen molar-refractivity contribution < 1.29 is 19.1 Å². The summed E-state index contributed by atoms with van der Waals surface area (Å²) < 4.78 is 5.15. The molecule has 1 atom stereocenters. The smallest absolute Gasteiger partial charge is 0.335 e. The first-order valence-corrected chi connectivity index (χ1v) is 10.4. The Morgan fingerprint density at radius 3 is 2.15 bits per heavy atom. The molecule has 1 heterocycles. The van der Waals surface area contributed by atoms with Crippen LogP contribution in [0.2, 0.25) is 0 Å². The van der Waals surface area contributed by atoms with Crippen molar-refractivity contribution in [3.8, 4) is 5.75 Å². The second-order valence-corrected chi connectivity index (χ2v) is 7.48. The minimum absolute atomic E-state index is 0.288. The topological polar surface area (TPSA) is 113 Å². The normalized spacial score (nSPS) is 16.4. The standard InChI is InChI=1S/C25H21N5O4/c1-16-6-8-18(9-7-16)28-29-19-12-10-17(11-13-19)26-15-22-23(31)27-25(33)30(24(22)32)20-4-3-5-21(14-20)34-2/h3-15,22H,1-2H3,(H,27,31,33)/t22-/m0/s1. The van der Waals surface area contributed by atoms with E-state index in [0.29, 0.717) is 17.1 Å². The second-order valence-electron chi connectivity index (χ2n) is 7.48. The zero-order valence-corrected chi connectivity index (χ0v) is 18.5. The third-order valence-corrected chi connectivity index (χ3v) is 5.05. The summed E-state index contributed by atoms with van der Waals surface area (Å²) in [4.78, 5) is 42.7. The van der Waals surface area contributed by atoms with Crippen molar-refractivity contribution in [2.45, 2.75) is 6.92 Å². The molecule has 4 amide bonds. The van der Waals surface area contributed by atoms with E-state index < -0.39 is 23.8 Å². The lowest BCUT2D eigenvalue weighted by atomic mass is 10.1. The van der Waals surface area contributed by atoms with E-state index in [1.54, 1.807) is 42.5 Å². The molecule has 34 heavy (non-hydrogen) atoms. The van der Waals surface area contributed by atoms with Crippen molar-refractivity contribution in [3.63, 3.8) is 0 Å². The lowest BCUT2D eigenvalue weighted by Crippen LogP contribution is -2.58. The summed E-state index contributed by atoms with van der Waals surface area (Å²) >= 11 is 0. The van der Waals surface area contributed by atoms with E-state index in [-0.39, 0.29) is 5.69 Å². The zero-order chi connectivity index (χ0) is 24.1. The lowest BCUT2D eigenvalue weighted by molar-refractivity contribution is -0.131. The highest BCUT2D eigenvalue weighted by Gasteiger charge is 2.40. The number of nitrogens with one attached hydrogen (secondary N) is 1. The van der Waals surface area contributed by atoms with E-state index in [1.807, 2.05) is 31.2 Å². The van der Waals surface area contributed by atoms with Crippen LogP contribution in [0.5, 0.6) is 5.75 Å². The van der Waals surface area contributed by atoms with E-state index in [1.165, 1.54) is 19.4 Å². The van der Waals surface area contributed by atoms with Gasteiger partial charge in [-0.15, -0.1) is 0 Å². The average molecular weight is 455 g/mol. The number of benzene rings is 3. The third-order valence-electron chi connectivity index (χ3n) is 5.05. The lowest BCUT2D eigenvalue weighted by Gasteiger charge is -2.28. The number of aryl methyl sites for hydroxylation is 1. The Morgan fingerprint density at radius 2 is 1.50 bits per heavy atom. The fourth-order valence-electron chi connectivity index (χ4n) is 3.21. The molecule has 1 saturated heterocycles. The summed E-state index contributed by atoms with van der Waals surface area (Å²) in [6.45, 7) is 2.00. The first kappa shape index (κ1) is 22.5. The van der Waals surface area contributed by atoms with Gasteiger partial charge >= 0.3 is 6.03 Å². The highest BCUT2D eigenvalue weighted by Crippen LogP contribution is 2.25. The van der Waals surface area contributed by atoms with Gasteiger partial charge in [0.25, 0.3) is 5.91 Å². The summed E-state index contributed by atoms with van der Waals surface area (Å²) in [5.41, 5.74) is 3.31. The Bertz CT molecular complexity index is 1280. The van der Waals surface area contributed by atoms with Crippen molar-refractivity contribution in [1.29, 1.82) is 0 Å². The molecule has 170 valence electrons. The zero-order valence-electron chi connectivity index (χ0n) is 18.5. The quantitative estimate of drug-likeness (QED) is 0.319. The molecular formula is C25H21N5O4. The SMILES string of the molecule is COc1cccc(N2C(=O)NC(=O)[C@H](C=Nc3ccc(N=Nc4ccc(C)cc4)cc3)C2=O)c1. The monoisotopic (exact) mass is 455 g/mol. The molecule has 0 aromatic heterocycles. The number of ether oxygens (including phenoxy) is 1. The molecule has 3 aromatic carbocycles. The molecule has 1 aliphatic rings. The van der Waals surface area contributed by atoms with E-state index in [9.17, 15) is 14.4 Å². The van der Waals surface area contributed by atoms with Gasteiger partial charge in [-0.05, 0) is 55.5 Å². The molecule has 9 nitrogen and oxygen atoms in total. The summed E-state index contributed by atoms with van der Waals surface area (Å²) in [5, 5.41) is 10.6. The van der Waals surface area contributed by atoms with Crippen molar-refractivity contribution in [2.75, 3.05) is 12.0 Å². The minimum Gasteiger partial charge on any atom is -0.497 e. The van der Waals surface area contributed by atoms with Crippen LogP contribution in [0.25, 0.3) is 0 Å². The van der Waals surface area contributed by atoms with Gasteiger partial charge in [-0.3, -0.25) is 19.9 Å². The van der Waals surface area contributed by atoms with Crippen LogP contribution in [0.3, 0.4) is 0 Å². The van der Waals surface area contributed by atoms with Crippen molar-refractivity contribution in [1.82, 2.24) is 5.32 Å². The van der Waals surface area contributed by atoms with Gasteiger partial charge in [0, 0.05) is 12.3 Å². The Hall–Kier alpha value is -4.66. The predicted molar refractivity (Wildman–Crippen MR) is 127 cm³/mol. The number of carbonyl (C=O) groups is 3. The number of rotatable bonds is 6. The number of anilines is 1. The molecule has 1 aliphatic heterocycles. The van der Waals surface area contributed by atoms with Gasteiger partial charge in [0.1, 0.15) is 5.75 Å². The van der Waals surface area contributed by atoms with Crippen molar-refractivity contribution >= 4 is 46.8 Å². The molecule has 3 aromatic rings. The second kappa shape index (κ2) is 9.86. The molecule has 9 heteroatoms. The summed E-state index contributed by atoms with van der Waals surface area (Å²) in [7, 11) is 1.48. The number of amides is 4. The maximum absolute atomic E-state index is 12.9. The highest BCUT2D eigenvalue weighted by atomic mass is 16.5. The van der Waals surface area contributed by atoms with Crippen LogP contribution in [0.15, 0.2) is 88.0 Å². The molecule has 1 fully saturated rings. The van der Waals surface area contributed by atoms with Gasteiger partial charge in [0.15, 0.2) is 5.92 Å².